The van der Waals surface area contributed by atoms with Gasteiger partial charge in [0.05, 0.1) is 0 Å². The number of benzene rings is 1. The number of nitrogens with one attached hydrogen (secondary N) is 1. The van der Waals surface area contributed by atoms with Crippen molar-refractivity contribution < 1.29 is 8.78 Å². The SMILES string of the molecule is Cc1ccc(F)c([C@H](CC(C)C)N2CCNCC2)c1F.Cl. The molecular formula is C16H25ClF2N2. The molecule has 2 nitrogen and oxygen atoms in total. The highest BCUT2D eigenvalue weighted by molar-refractivity contribution is 5.85. The van der Waals surface area contributed by atoms with Gasteiger partial charge in [-0.05, 0) is 30.9 Å². The highest BCUT2D eigenvalue weighted by Crippen LogP contribution is 2.32. The maximum Gasteiger partial charge on any atom is 0.133 e. The molecule has 21 heavy (non-hydrogen) atoms. The normalized spacial score (nSPS) is 17.6. The number of aryl methyl sites for hydroxylation is 1. The van der Waals surface area contributed by atoms with Crippen molar-refractivity contribution in [2.45, 2.75) is 33.2 Å². The Morgan fingerprint density at radius 1 is 1.19 bits per heavy atom. The third kappa shape index (κ3) is 4.38. The van der Waals surface area contributed by atoms with Gasteiger partial charge in [0.15, 0.2) is 0 Å². The molecule has 0 saturated carbocycles. The average Bonchev–Trinajstić information content (AvgIpc) is 2.43. The Morgan fingerprint density at radius 2 is 1.81 bits per heavy atom. The van der Waals surface area contributed by atoms with E-state index in [1.54, 1.807) is 6.92 Å². The Morgan fingerprint density at radius 3 is 2.38 bits per heavy atom. The molecule has 1 N–H and O–H groups in total. The zero-order chi connectivity index (χ0) is 14.7. The molecule has 2 rings (SSSR count). The third-order valence-corrected chi connectivity index (χ3v) is 3.94. The van der Waals surface area contributed by atoms with Crippen LogP contribution in [0.1, 0.15) is 37.4 Å². The Hall–Kier alpha value is -0.710. The fraction of sp³-hybridized carbons (Fsp3) is 0.625. The molecule has 0 radical (unpaired) electrons. The van der Waals surface area contributed by atoms with Crippen LogP contribution in [0.25, 0.3) is 0 Å². The molecule has 1 saturated heterocycles. The van der Waals surface area contributed by atoms with Crippen LogP contribution in [0.15, 0.2) is 12.1 Å². The minimum atomic E-state index is -0.419. The lowest BCUT2D eigenvalue weighted by molar-refractivity contribution is 0.147. The van der Waals surface area contributed by atoms with Crippen molar-refractivity contribution in [1.29, 1.82) is 0 Å². The Kier molecular flexibility index (Phi) is 7.04. The van der Waals surface area contributed by atoms with Crippen molar-refractivity contribution >= 4 is 12.4 Å². The van der Waals surface area contributed by atoms with Gasteiger partial charge in [-0.1, -0.05) is 19.9 Å². The summed E-state index contributed by atoms with van der Waals surface area (Å²) in [5, 5.41) is 3.29. The molecule has 0 bridgehead atoms. The van der Waals surface area contributed by atoms with Crippen molar-refractivity contribution in [3.05, 3.63) is 34.9 Å². The van der Waals surface area contributed by atoms with Gasteiger partial charge in [-0.15, -0.1) is 12.4 Å². The second kappa shape index (κ2) is 8.06. The summed E-state index contributed by atoms with van der Waals surface area (Å²) >= 11 is 0. The van der Waals surface area contributed by atoms with E-state index in [1.807, 2.05) is 0 Å². The fourth-order valence-electron chi connectivity index (χ4n) is 2.87. The standard InChI is InChI=1S/C16H24F2N2.ClH/c1-11(2)10-14(20-8-6-19-7-9-20)15-13(17)5-4-12(3)16(15)18;/h4-5,11,14,19H,6-10H2,1-3H3;1H/t14-;/m0./s1. The van der Waals surface area contributed by atoms with E-state index in [1.165, 1.54) is 12.1 Å². The summed E-state index contributed by atoms with van der Waals surface area (Å²) in [6, 6.07) is 2.73. The first-order valence-electron chi connectivity index (χ1n) is 7.40. The molecule has 1 atom stereocenters. The monoisotopic (exact) mass is 318 g/mol. The number of piperazine rings is 1. The van der Waals surface area contributed by atoms with E-state index in [-0.39, 0.29) is 29.8 Å². The molecule has 1 aliphatic heterocycles. The summed E-state index contributed by atoms with van der Waals surface area (Å²) in [6.45, 7) is 9.33. The fourth-order valence-corrected chi connectivity index (χ4v) is 2.87. The Bertz CT molecular complexity index is 460. The molecule has 1 aliphatic rings. The number of nitrogens with zero attached hydrogens (tertiary/aromatic N) is 1. The van der Waals surface area contributed by atoms with Crippen LogP contribution < -0.4 is 5.32 Å². The minimum Gasteiger partial charge on any atom is -0.314 e. The number of rotatable bonds is 4. The molecule has 1 aromatic carbocycles. The molecule has 120 valence electrons. The lowest BCUT2D eigenvalue weighted by Crippen LogP contribution is -2.45. The molecule has 1 aromatic rings. The summed E-state index contributed by atoms with van der Waals surface area (Å²) in [5.41, 5.74) is 0.769. The van der Waals surface area contributed by atoms with Gasteiger partial charge < -0.3 is 5.32 Å². The zero-order valence-electron chi connectivity index (χ0n) is 13.0. The van der Waals surface area contributed by atoms with Gasteiger partial charge in [-0.2, -0.15) is 0 Å². The summed E-state index contributed by atoms with van der Waals surface area (Å²) in [6.07, 6.45) is 0.775. The number of halogens is 3. The molecule has 0 aliphatic carbocycles. The van der Waals surface area contributed by atoms with Crippen molar-refractivity contribution in [3.63, 3.8) is 0 Å². The molecule has 0 unspecified atom stereocenters. The zero-order valence-corrected chi connectivity index (χ0v) is 13.8. The van der Waals surface area contributed by atoms with Crippen molar-refractivity contribution in [2.24, 2.45) is 5.92 Å². The van der Waals surface area contributed by atoms with Crippen LogP contribution in [-0.4, -0.2) is 31.1 Å². The summed E-state index contributed by atoms with van der Waals surface area (Å²) in [7, 11) is 0. The van der Waals surface area contributed by atoms with E-state index in [0.29, 0.717) is 11.5 Å². The molecule has 1 fully saturated rings. The van der Waals surface area contributed by atoms with E-state index in [9.17, 15) is 8.78 Å². The molecule has 0 spiro atoms. The van der Waals surface area contributed by atoms with Gasteiger partial charge in [0.25, 0.3) is 0 Å². The summed E-state index contributed by atoms with van der Waals surface area (Å²) < 4.78 is 28.6. The second-order valence-electron chi connectivity index (χ2n) is 6.02. The predicted octanol–water partition coefficient (Wildman–Crippen LogP) is 3.69. The van der Waals surface area contributed by atoms with E-state index in [2.05, 4.69) is 24.1 Å². The van der Waals surface area contributed by atoms with Gasteiger partial charge in [0.1, 0.15) is 11.6 Å². The van der Waals surface area contributed by atoms with Crippen molar-refractivity contribution in [1.82, 2.24) is 10.2 Å². The quantitative estimate of drug-likeness (QED) is 0.911. The molecular weight excluding hydrogens is 294 g/mol. The topological polar surface area (TPSA) is 15.3 Å². The van der Waals surface area contributed by atoms with Crippen LogP contribution >= 0.6 is 12.4 Å². The summed E-state index contributed by atoms with van der Waals surface area (Å²) in [5.74, 6) is -0.402. The van der Waals surface area contributed by atoms with Crippen LogP contribution in [0.5, 0.6) is 0 Å². The van der Waals surface area contributed by atoms with Crippen molar-refractivity contribution in [2.75, 3.05) is 26.2 Å². The van der Waals surface area contributed by atoms with Gasteiger partial charge in [-0.25, -0.2) is 8.78 Å². The largest absolute Gasteiger partial charge is 0.314 e. The first-order chi connectivity index (χ1) is 9.50. The maximum absolute atomic E-state index is 14.4. The van der Waals surface area contributed by atoms with Gasteiger partial charge >= 0.3 is 0 Å². The predicted molar refractivity (Wildman–Crippen MR) is 85.0 cm³/mol. The van der Waals surface area contributed by atoms with Gasteiger partial charge in [0, 0.05) is 37.8 Å². The number of hydrogen-bond donors (Lipinski definition) is 1. The highest BCUT2D eigenvalue weighted by Gasteiger charge is 2.28. The van der Waals surface area contributed by atoms with Crippen LogP contribution in [0.3, 0.4) is 0 Å². The second-order valence-corrected chi connectivity index (χ2v) is 6.02. The van der Waals surface area contributed by atoms with Crippen LogP contribution in [0, 0.1) is 24.5 Å². The molecule has 5 heteroatoms. The minimum absolute atomic E-state index is 0. The number of hydrogen-bond acceptors (Lipinski definition) is 2. The van der Waals surface area contributed by atoms with Gasteiger partial charge in [0.2, 0.25) is 0 Å². The van der Waals surface area contributed by atoms with Crippen LogP contribution in [0.2, 0.25) is 0 Å². The first-order valence-corrected chi connectivity index (χ1v) is 7.40. The van der Waals surface area contributed by atoms with Crippen LogP contribution in [0.4, 0.5) is 8.78 Å². The third-order valence-electron chi connectivity index (χ3n) is 3.94. The van der Waals surface area contributed by atoms with Gasteiger partial charge in [-0.3, -0.25) is 4.90 Å². The first kappa shape index (κ1) is 18.3. The van der Waals surface area contributed by atoms with E-state index in [0.717, 1.165) is 32.6 Å². The van der Waals surface area contributed by atoms with Crippen LogP contribution in [-0.2, 0) is 0 Å². The lowest BCUT2D eigenvalue weighted by atomic mass is 9.93. The smallest absolute Gasteiger partial charge is 0.133 e. The van der Waals surface area contributed by atoms with E-state index < -0.39 is 5.82 Å². The van der Waals surface area contributed by atoms with E-state index in [4.69, 9.17) is 0 Å². The Balaban J connectivity index is 0.00000220. The van der Waals surface area contributed by atoms with Crippen molar-refractivity contribution in [3.8, 4) is 0 Å². The molecule has 0 aromatic heterocycles. The van der Waals surface area contributed by atoms with E-state index >= 15 is 0 Å². The lowest BCUT2D eigenvalue weighted by Gasteiger charge is -2.36. The molecule has 1 heterocycles. The summed E-state index contributed by atoms with van der Waals surface area (Å²) in [4.78, 5) is 2.21. The average molecular weight is 319 g/mol. The highest BCUT2D eigenvalue weighted by atomic mass is 35.5. The molecule has 0 amide bonds. The maximum atomic E-state index is 14.4. The Labute approximate surface area is 132 Å².